The molecule has 0 aromatic rings. The molecule has 0 aromatic heterocycles. The van der Waals surface area contributed by atoms with Gasteiger partial charge in [-0.1, -0.05) is 18.2 Å². The van der Waals surface area contributed by atoms with Crippen molar-refractivity contribution in [3.63, 3.8) is 0 Å². The number of allylic oxidation sites excluding steroid dienone is 1. The molecule has 23 heavy (non-hydrogen) atoms. The third-order valence-electron chi connectivity index (χ3n) is 3.98. The molecule has 3 atom stereocenters. The summed E-state index contributed by atoms with van der Waals surface area (Å²) in [6.45, 7) is 0.939. The Morgan fingerprint density at radius 1 is 1.26 bits per heavy atom. The summed E-state index contributed by atoms with van der Waals surface area (Å²) in [5.74, 6) is -0.756. The highest BCUT2D eigenvalue weighted by Gasteiger charge is 2.38. The van der Waals surface area contributed by atoms with Gasteiger partial charge in [0.1, 0.15) is 18.2 Å². The Hall–Kier alpha value is -1.52. The molecule has 1 aliphatic carbocycles. The Morgan fingerprint density at radius 3 is 2.74 bits per heavy atom. The van der Waals surface area contributed by atoms with E-state index < -0.39 is 28.1 Å². The lowest BCUT2D eigenvalue weighted by atomic mass is 10.1. The van der Waals surface area contributed by atoms with Gasteiger partial charge >= 0.3 is 0 Å². The highest BCUT2D eigenvalue weighted by Crippen LogP contribution is 2.28. The van der Waals surface area contributed by atoms with Crippen LogP contribution in [0.2, 0.25) is 0 Å². The molecule has 0 spiro atoms. The Labute approximate surface area is 134 Å². The van der Waals surface area contributed by atoms with Crippen LogP contribution in [0, 0.1) is 0 Å². The summed E-state index contributed by atoms with van der Waals surface area (Å²) in [5.41, 5.74) is 1.52. The summed E-state index contributed by atoms with van der Waals surface area (Å²) in [5, 5.41) is 8.82. The minimum atomic E-state index is -3.89. The monoisotopic (exact) mass is 342 g/mol. The number of nitrogens with zero attached hydrogens (tertiary/aromatic N) is 1. The van der Waals surface area contributed by atoms with Gasteiger partial charge < -0.3 is 9.47 Å². The summed E-state index contributed by atoms with van der Waals surface area (Å²) in [7, 11) is -3.89. The van der Waals surface area contributed by atoms with Crippen LogP contribution in [0.25, 0.3) is 0 Å². The van der Waals surface area contributed by atoms with E-state index >= 15 is 0 Å². The maximum Gasteiger partial charge on any atom is 0.262 e. The second kappa shape index (κ2) is 6.54. The number of fused-ring (bicyclic) bond motifs is 1. The first-order valence-electron chi connectivity index (χ1n) is 7.28. The summed E-state index contributed by atoms with van der Waals surface area (Å²) < 4.78 is 37.8. The number of carbonyl (C=O) groups excluding carboxylic acids is 1. The number of nitrogens with one attached hydrogen (secondary N) is 1. The lowest BCUT2D eigenvalue weighted by Gasteiger charge is -2.34. The molecule has 0 radical (unpaired) electrons. The van der Waals surface area contributed by atoms with Gasteiger partial charge in [-0.25, -0.2) is 13.9 Å². The fourth-order valence-corrected chi connectivity index (χ4v) is 4.43. The van der Waals surface area contributed by atoms with Gasteiger partial charge in [0, 0.05) is 6.54 Å². The van der Waals surface area contributed by atoms with Crippen LogP contribution in [0.5, 0.6) is 0 Å². The Kier molecular flexibility index (Phi) is 4.64. The van der Waals surface area contributed by atoms with E-state index in [1.165, 1.54) is 17.6 Å². The van der Waals surface area contributed by atoms with E-state index in [1.807, 2.05) is 0 Å². The standard InChI is InChI=1S/C14H18N2O6S/c17-14(15-18)11-3-1-2-6-16(11)23(19,20)10-4-5-12-13(9-10)22-8-7-21-12/h1-2,4-5,9,11-13,18H,3,6-8H2,(H,15,17). The van der Waals surface area contributed by atoms with Crippen molar-refractivity contribution in [3.05, 3.63) is 35.3 Å². The highest BCUT2D eigenvalue weighted by atomic mass is 32.2. The van der Waals surface area contributed by atoms with Crippen molar-refractivity contribution < 1.29 is 27.9 Å². The molecule has 2 heterocycles. The van der Waals surface area contributed by atoms with Crippen molar-refractivity contribution in [2.24, 2.45) is 0 Å². The number of sulfonamides is 1. The average Bonchev–Trinajstić information content (AvgIpc) is 2.60. The molecular weight excluding hydrogens is 324 g/mol. The van der Waals surface area contributed by atoms with E-state index in [1.54, 1.807) is 18.2 Å². The number of ether oxygens (including phenoxy) is 2. The largest absolute Gasteiger partial charge is 0.369 e. The van der Waals surface area contributed by atoms with Crippen molar-refractivity contribution in [2.75, 3.05) is 19.8 Å². The molecule has 3 rings (SSSR count). The molecule has 2 aliphatic heterocycles. The molecule has 9 heteroatoms. The molecule has 0 aromatic carbocycles. The number of hydrogen-bond acceptors (Lipinski definition) is 6. The summed E-state index contributed by atoms with van der Waals surface area (Å²) >= 11 is 0. The number of amides is 1. The molecule has 0 saturated carbocycles. The van der Waals surface area contributed by atoms with Crippen molar-refractivity contribution in [3.8, 4) is 0 Å². The molecule has 3 unspecified atom stereocenters. The quantitative estimate of drug-likeness (QED) is 0.414. The SMILES string of the molecule is O=C(NO)C1CC=CCN1S(=O)(=O)C1=CC2OCCOC2C=C1. The number of hydrogen-bond donors (Lipinski definition) is 2. The van der Waals surface area contributed by atoms with Crippen LogP contribution < -0.4 is 5.48 Å². The first-order chi connectivity index (χ1) is 11.0. The van der Waals surface area contributed by atoms with E-state index in [0.717, 1.165) is 4.31 Å². The summed E-state index contributed by atoms with van der Waals surface area (Å²) in [6.07, 6.45) is 7.47. The first kappa shape index (κ1) is 16.3. The topological polar surface area (TPSA) is 105 Å². The molecule has 1 fully saturated rings. The van der Waals surface area contributed by atoms with Gasteiger partial charge in [0.15, 0.2) is 0 Å². The van der Waals surface area contributed by atoms with Crippen molar-refractivity contribution in [1.29, 1.82) is 0 Å². The van der Waals surface area contributed by atoms with E-state index in [2.05, 4.69) is 0 Å². The van der Waals surface area contributed by atoms with Gasteiger partial charge in [0.2, 0.25) is 10.0 Å². The van der Waals surface area contributed by atoms with Gasteiger partial charge in [-0.15, -0.1) is 0 Å². The van der Waals surface area contributed by atoms with Crippen LogP contribution in [0.4, 0.5) is 0 Å². The van der Waals surface area contributed by atoms with Crippen LogP contribution in [-0.4, -0.2) is 61.8 Å². The Bertz CT molecular complexity index is 669. The molecule has 3 aliphatic rings. The number of rotatable bonds is 3. The number of hydroxylamine groups is 1. The smallest absolute Gasteiger partial charge is 0.262 e. The molecule has 1 saturated heterocycles. The van der Waals surface area contributed by atoms with Gasteiger partial charge in [-0.05, 0) is 18.6 Å². The van der Waals surface area contributed by atoms with Crippen LogP contribution in [0.3, 0.4) is 0 Å². The molecule has 8 nitrogen and oxygen atoms in total. The fourth-order valence-electron chi connectivity index (χ4n) is 2.81. The lowest BCUT2D eigenvalue weighted by molar-refractivity contribution is -0.133. The van der Waals surface area contributed by atoms with Crippen molar-refractivity contribution in [2.45, 2.75) is 24.7 Å². The zero-order chi connectivity index (χ0) is 16.4. The third kappa shape index (κ3) is 3.10. The summed E-state index contributed by atoms with van der Waals surface area (Å²) in [4.78, 5) is 11.8. The van der Waals surface area contributed by atoms with Crippen molar-refractivity contribution >= 4 is 15.9 Å². The summed E-state index contributed by atoms with van der Waals surface area (Å²) in [6, 6.07) is -0.981. The van der Waals surface area contributed by atoms with E-state index in [4.69, 9.17) is 14.7 Å². The average molecular weight is 342 g/mol. The van der Waals surface area contributed by atoms with Crippen LogP contribution in [-0.2, 0) is 24.3 Å². The predicted molar refractivity (Wildman–Crippen MR) is 79.8 cm³/mol. The van der Waals surface area contributed by atoms with Crippen LogP contribution >= 0.6 is 0 Å². The molecule has 2 N–H and O–H groups in total. The zero-order valence-electron chi connectivity index (χ0n) is 12.3. The van der Waals surface area contributed by atoms with Crippen molar-refractivity contribution in [1.82, 2.24) is 9.79 Å². The Morgan fingerprint density at radius 2 is 2.00 bits per heavy atom. The first-order valence-corrected chi connectivity index (χ1v) is 8.72. The molecule has 126 valence electrons. The molecule has 0 bridgehead atoms. The van der Waals surface area contributed by atoms with Crippen LogP contribution in [0.1, 0.15) is 6.42 Å². The van der Waals surface area contributed by atoms with E-state index in [0.29, 0.717) is 13.2 Å². The molecule has 1 amide bonds. The maximum absolute atomic E-state index is 12.9. The second-order valence-corrected chi connectivity index (χ2v) is 7.26. The highest BCUT2D eigenvalue weighted by molar-refractivity contribution is 7.93. The maximum atomic E-state index is 12.9. The predicted octanol–water partition coefficient (Wildman–Crippen LogP) is -0.310. The fraction of sp³-hybridized carbons (Fsp3) is 0.500. The normalized spacial score (nSPS) is 31.3. The lowest BCUT2D eigenvalue weighted by Crippen LogP contribution is -2.50. The Balaban J connectivity index is 1.88. The van der Waals surface area contributed by atoms with Gasteiger partial charge in [-0.3, -0.25) is 10.0 Å². The third-order valence-corrected chi connectivity index (χ3v) is 5.87. The zero-order valence-corrected chi connectivity index (χ0v) is 13.1. The van der Waals surface area contributed by atoms with Gasteiger partial charge in [0.25, 0.3) is 5.91 Å². The minimum absolute atomic E-state index is 0.0651. The molecular formula is C14H18N2O6S. The second-order valence-electron chi connectivity index (χ2n) is 5.37. The minimum Gasteiger partial charge on any atom is -0.369 e. The van der Waals surface area contributed by atoms with E-state index in [9.17, 15) is 13.2 Å². The van der Waals surface area contributed by atoms with E-state index in [-0.39, 0.29) is 24.0 Å². The van der Waals surface area contributed by atoms with Gasteiger partial charge in [0.05, 0.1) is 18.1 Å². The van der Waals surface area contributed by atoms with Crippen LogP contribution in [0.15, 0.2) is 35.3 Å². The van der Waals surface area contributed by atoms with Gasteiger partial charge in [-0.2, -0.15) is 4.31 Å². The number of carbonyl (C=O) groups is 1.